The maximum absolute atomic E-state index is 11.7. The summed E-state index contributed by atoms with van der Waals surface area (Å²) in [6.07, 6.45) is 12.2. The first-order chi connectivity index (χ1) is 14.7. The van der Waals surface area contributed by atoms with Gasteiger partial charge in [-0.1, -0.05) is 72.8 Å². The zero-order valence-corrected chi connectivity index (χ0v) is 16.8. The Morgan fingerprint density at radius 3 is 1.47 bits per heavy atom. The highest BCUT2D eigenvalue weighted by Gasteiger charge is 2.02. The minimum Gasteiger partial charge on any atom is -0.273 e. The summed E-state index contributed by atoms with van der Waals surface area (Å²) >= 11 is 0. The number of rotatable bonds is 11. The van der Waals surface area contributed by atoms with Gasteiger partial charge in [0.25, 0.3) is 0 Å². The summed E-state index contributed by atoms with van der Waals surface area (Å²) in [5.41, 5.74) is 7.05. The van der Waals surface area contributed by atoms with Crippen LogP contribution in [-0.4, -0.2) is 24.2 Å². The molecule has 2 aromatic rings. The molecule has 6 heteroatoms. The van der Waals surface area contributed by atoms with E-state index in [1.807, 2.05) is 72.8 Å². The monoisotopic (exact) mass is 402 g/mol. The molecule has 2 aromatic carbocycles. The van der Waals surface area contributed by atoms with E-state index < -0.39 is 0 Å². The van der Waals surface area contributed by atoms with E-state index in [0.29, 0.717) is 25.7 Å². The number of carbonyl (C=O) groups excluding carboxylic acids is 2. The Balaban J connectivity index is 1.51. The Morgan fingerprint density at radius 2 is 1.07 bits per heavy atom. The van der Waals surface area contributed by atoms with Crippen LogP contribution in [0.25, 0.3) is 12.2 Å². The third-order valence-corrected chi connectivity index (χ3v) is 3.93. The van der Waals surface area contributed by atoms with Crippen molar-refractivity contribution in [3.63, 3.8) is 0 Å². The van der Waals surface area contributed by atoms with Crippen molar-refractivity contribution in [2.75, 3.05) is 0 Å². The molecule has 0 saturated carbocycles. The van der Waals surface area contributed by atoms with Gasteiger partial charge in [-0.15, -0.1) is 0 Å². The first-order valence-electron chi connectivity index (χ1n) is 9.81. The van der Waals surface area contributed by atoms with E-state index in [1.165, 1.54) is 12.4 Å². The van der Waals surface area contributed by atoms with Crippen molar-refractivity contribution in [1.29, 1.82) is 0 Å². The molecule has 30 heavy (non-hydrogen) atoms. The topological polar surface area (TPSA) is 82.9 Å². The van der Waals surface area contributed by atoms with E-state index in [-0.39, 0.29) is 11.8 Å². The van der Waals surface area contributed by atoms with Crippen molar-refractivity contribution in [3.8, 4) is 0 Å². The predicted molar refractivity (Wildman–Crippen MR) is 123 cm³/mol. The number of benzene rings is 2. The molecular formula is C24H26N4O2. The van der Waals surface area contributed by atoms with Crippen molar-refractivity contribution in [2.45, 2.75) is 25.7 Å². The fourth-order valence-electron chi connectivity index (χ4n) is 2.42. The summed E-state index contributed by atoms with van der Waals surface area (Å²) in [5.74, 6) is -0.354. The smallest absolute Gasteiger partial charge is 0.240 e. The quantitative estimate of drug-likeness (QED) is 0.336. The lowest BCUT2D eigenvalue weighted by Gasteiger charge is -2.00. The van der Waals surface area contributed by atoms with Gasteiger partial charge in [0.2, 0.25) is 11.8 Å². The van der Waals surface area contributed by atoms with E-state index >= 15 is 0 Å². The van der Waals surface area contributed by atoms with Crippen LogP contribution >= 0.6 is 0 Å². The molecule has 0 atom stereocenters. The summed E-state index contributed by atoms with van der Waals surface area (Å²) in [6.45, 7) is 0. The third kappa shape index (κ3) is 10.5. The number of unbranched alkanes of at least 4 members (excludes halogenated alkanes) is 1. The van der Waals surface area contributed by atoms with Gasteiger partial charge in [0.1, 0.15) is 0 Å². The number of hydrazone groups is 2. The molecule has 0 aliphatic carbocycles. The summed E-state index contributed by atoms with van der Waals surface area (Å²) < 4.78 is 0. The molecule has 0 aliphatic heterocycles. The number of allylic oxidation sites excluding steroid dienone is 2. The lowest BCUT2D eigenvalue weighted by atomic mass is 10.2. The van der Waals surface area contributed by atoms with Gasteiger partial charge in [-0.2, -0.15) is 10.2 Å². The average Bonchev–Trinajstić information content (AvgIpc) is 2.78. The summed E-state index contributed by atoms with van der Waals surface area (Å²) in [4.78, 5) is 23.4. The fraction of sp³-hybridized carbons (Fsp3) is 0.167. The molecule has 0 saturated heterocycles. The number of carbonyl (C=O) groups is 2. The number of amides is 2. The van der Waals surface area contributed by atoms with Gasteiger partial charge in [-0.3, -0.25) is 9.59 Å². The summed E-state index contributed by atoms with van der Waals surface area (Å²) in [5, 5.41) is 7.73. The van der Waals surface area contributed by atoms with Gasteiger partial charge in [0.05, 0.1) is 0 Å². The highest BCUT2D eigenvalue weighted by Crippen LogP contribution is 2.01. The maximum Gasteiger partial charge on any atom is 0.240 e. The van der Waals surface area contributed by atoms with Crippen molar-refractivity contribution in [3.05, 3.63) is 83.9 Å². The lowest BCUT2D eigenvalue weighted by molar-refractivity contribution is -0.123. The van der Waals surface area contributed by atoms with Crippen LogP contribution in [0.1, 0.15) is 36.8 Å². The van der Waals surface area contributed by atoms with Gasteiger partial charge in [-0.25, -0.2) is 10.9 Å². The molecule has 0 fully saturated rings. The summed E-state index contributed by atoms with van der Waals surface area (Å²) in [7, 11) is 0. The minimum atomic E-state index is -0.177. The molecule has 154 valence electrons. The molecule has 0 unspecified atom stereocenters. The minimum absolute atomic E-state index is 0.177. The van der Waals surface area contributed by atoms with Crippen LogP contribution in [0.3, 0.4) is 0 Å². The van der Waals surface area contributed by atoms with Crippen molar-refractivity contribution >= 4 is 36.4 Å². The Hall–Kier alpha value is -3.80. The van der Waals surface area contributed by atoms with E-state index in [0.717, 1.165) is 11.1 Å². The number of hydrogen-bond acceptors (Lipinski definition) is 4. The Morgan fingerprint density at radius 1 is 0.667 bits per heavy atom. The standard InChI is InChI=1S/C24H26N4O2/c29-23(27-25-19-9-15-21-11-3-1-4-12-21)17-7-8-18-24(30)28-26-20-10-16-22-13-5-2-6-14-22/h1-6,9-16,19-20H,7-8,17-18H2,(H,27,29)(H,28,30). The van der Waals surface area contributed by atoms with E-state index in [9.17, 15) is 9.59 Å². The number of nitrogens with zero attached hydrogens (tertiary/aromatic N) is 2. The Bertz CT molecular complexity index is 812. The van der Waals surface area contributed by atoms with Crippen molar-refractivity contribution in [2.24, 2.45) is 10.2 Å². The highest BCUT2D eigenvalue weighted by molar-refractivity contribution is 5.82. The Labute approximate surface area is 177 Å². The van der Waals surface area contributed by atoms with Crippen molar-refractivity contribution in [1.82, 2.24) is 10.9 Å². The van der Waals surface area contributed by atoms with Gasteiger partial charge in [0.15, 0.2) is 0 Å². The largest absolute Gasteiger partial charge is 0.273 e. The van der Waals surface area contributed by atoms with Crippen LogP contribution in [0.2, 0.25) is 0 Å². The molecule has 0 spiro atoms. The SMILES string of the molecule is O=C(CCCCC(=O)NN=CC=Cc1ccccc1)NN=CC=Cc1ccccc1. The highest BCUT2D eigenvalue weighted by atomic mass is 16.2. The molecule has 2 N–H and O–H groups in total. The van der Waals surface area contributed by atoms with Gasteiger partial charge in [-0.05, 0) is 36.1 Å². The molecule has 6 nitrogen and oxygen atoms in total. The number of hydrogen-bond donors (Lipinski definition) is 2. The van der Waals surface area contributed by atoms with Crippen LogP contribution in [0.4, 0.5) is 0 Å². The van der Waals surface area contributed by atoms with Gasteiger partial charge >= 0.3 is 0 Å². The Kier molecular flexibility index (Phi) is 10.7. The molecule has 0 radical (unpaired) electrons. The molecular weight excluding hydrogens is 376 g/mol. The van der Waals surface area contributed by atoms with Crippen LogP contribution in [-0.2, 0) is 9.59 Å². The molecule has 0 bridgehead atoms. The van der Waals surface area contributed by atoms with Crippen LogP contribution in [0.15, 0.2) is 83.0 Å². The fourth-order valence-corrected chi connectivity index (χ4v) is 2.42. The molecule has 0 heterocycles. The summed E-state index contributed by atoms with van der Waals surface area (Å²) in [6, 6.07) is 19.6. The van der Waals surface area contributed by atoms with Gasteiger partial charge in [0, 0.05) is 25.3 Å². The van der Waals surface area contributed by atoms with Crippen LogP contribution in [0.5, 0.6) is 0 Å². The number of nitrogens with one attached hydrogen (secondary N) is 2. The normalized spacial score (nSPS) is 11.6. The van der Waals surface area contributed by atoms with E-state index in [1.54, 1.807) is 12.2 Å². The second-order valence-electron chi connectivity index (χ2n) is 6.37. The second kappa shape index (κ2) is 14.2. The zero-order chi connectivity index (χ0) is 21.3. The van der Waals surface area contributed by atoms with Gasteiger partial charge < -0.3 is 0 Å². The van der Waals surface area contributed by atoms with Crippen molar-refractivity contribution < 1.29 is 9.59 Å². The van der Waals surface area contributed by atoms with Crippen LogP contribution in [0, 0.1) is 0 Å². The lowest BCUT2D eigenvalue weighted by Crippen LogP contribution is -2.18. The molecule has 2 amide bonds. The molecule has 0 aliphatic rings. The van der Waals surface area contributed by atoms with Crippen LogP contribution < -0.4 is 10.9 Å². The predicted octanol–water partition coefficient (Wildman–Crippen LogP) is 4.18. The zero-order valence-electron chi connectivity index (χ0n) is 16.8. The second-order valence-corrected chi connectivity index (χ2v) is 6.37. The first-order valence-corrected chi connectivity index (χ1v) is 9.81. The third-order valence-electron chi connectivity index (χ3n) is 3.93. The first kappa shape index (κ1) is 22.5. The molecule has 2 rings (SSSR count). The average molecular weight is 402 g/mol. The van der Waals surface area contributed by atoms with E-state index in [4.69, 9.17) is 0 Å². The van der Waals surface area contributed by atoms with E-state index in [2.05, 4.69) is 21.1 Å². The maximum atomic E-state index is 11.7. The molecule has 0 aromatic heterocycles.